The zero-order valence-electron chi connectivity index (χ0n) is 19.2. The molecule has 30 radical (unpaired) electrons. The molecule has 18 heteroatoms. The molecule has 0 saturated heterocycles. The van der Waals surface area contributed by atoms with Crippen LogP contribution in [0.3, 0.4) is 0 Å². The molecular formula is C16H10B15NO2. The van der Waals surface area contributed by atoms with E-state index in [1.807, 2.05) is 0 Å². The maximum absolute atomic E-state index is 12.4. The number of likely N-dealkylation sites (N-methyl/N-ethyl adjacent to an activating group) is 1. The molecule has 1 saturated carbocycles. The number of rotatable bonds is 4. The Morgan fingerprint density at radius 2 is 0.941 bits per heavy atom. The number of phenols is 1. The van der Waals surface area contributed by atoms with Gasteiger partial charge in [0, 0.05) is 12.1 Å². The lowest BCUT2D eigenvalue weighted by Crippen LogP contribution is -2.80. The van der Waals surface area contributed by atoms with Crippen molar-refractivity contribution >= 4 is 140 Å². The highest BCUT2D eigenvalue weighted by molar-refractivity contribution is 6.71. The minimum atomic E-state index is -3.12. The Morgan fingerprint density at radius 1 is 0.647 bits per heavy atom. The molecule has 1 aliphatic rings. The van der Waals surface area contributed by atoms with E-state index in [0.717, 1.165) is 0 Å². The maximum atomic E-state index is 12.4. The molecule has 0 amide bonds. The van der Waals surface area contributed by atoms with Crippen LogP contribution in [-0.2, 0) is 5.31 Å². The van der Waals surface area contributed by atoms with E-state index in [4.69, 9.17) is 118 Å². The number of phenolic OH excluding ortho intramolecular Hbond substituents is 1. The van der Waals surface area contributed by atoms with E-state index in [2.05, 4.69) is 0 Å². The number of benzene rings is 1. The summed E-state index contributed by atoms with van der Waals surface area (Å²) in [6.07, 6.45) is 0. The summed E-state index contributed by atoms with van der Waals surface area (Å²) in [6.45, 7) is -0.415. The highest BCUT2D eigenvalue weighted by Crippen LogP contribution is 2.83. The molecule has 3 nitrogen and oxygen atoms in total. The second-order valence-corrected chi connectivity index (χ2v) is 9.64. The van der Waals surface area contributed by atoms with E-state index in [0.29, 0.717) is 0 Å². The Balaban J connectivity index is 3.23. The van der Waals surface area contributed by atoms with Crippen molar-refractivity contribution in [3.05, 3.63) is 5.56 Å². The highest BCUT2D eigenvalue weighted by Gasteiger charge is 2.75. The normalized spacial score (nSPS) is 25.3. The van der Waals surface area contributed by atoms with E-state index >= 15 is 0 Å². The predicted octanol–water partition coefficient (Wildman–Crippen LogP) is -7.50. The summed E-state index contributed by atoms with van der Waals surface area (Å²) in [5, 5.41) is 6.47. The molecule has 0 spiro atoms. The number of aliphatic hydroxyl groups is 1. The van der Waals surface area contributed by atoms with Gasteiger partial charge in [-0.3, -0.25) is 0 Å². The lowest BCUT2D eigenvalue weighted by Gasteiger charge is -2.83. The molecule has 1 atom stereocenters. The molecule has 0 heterocycles. The van der Waals surface area contributed by atoms with Gasteiger partial charge in [-0.1, -0.05) is 37.8 Å². The maximum Gasteiger partial charge on any atom is 0.118 e. The van der Waals surface area contributed by atoms with Crippen LogP contribution >= 0.6 is 0 Å². The summed E-state index contributed by atoms with van der Waals surface area (Å²) in [4.78, 5) is 1.46. The topological polar surface area (TPSA) is 43.7 Å². The van der Waals surface area contributed by atoms with Crippen LogP contribution in [0.5, 0.6) is 5.75 Å². The summed E-state index contributed by atoms with van der Waals surface area (Å²) in [6, 6.07) is 0. The number of nitrogens with zero attached hydrogens (tertiary/aromatic N) is 1. The van der Waals surface area contributed by atoms with Crippen LogP contribution < -0.4 is 21.9 Å². The molecular weight excluding hydrogens is 400 g/mol. The summed E-state index contributed by atoms with van der Waals surface area (Å²) in [7, 11) is 96.5. The largest absolute Gasteiger partial charge is 0.509 e. The van der Waals surface area contributed by atoms with Crippen LogP contribution in [-0.4, -0.2) is 159 Å². The molecule has 0 aromatic heterocycles. The van der Waals surface area contributed by atoms with Crippen LogP contribution in [0.2, 0.25) is 26.1 Å². The Morgan fingerprint density at radius 3 is 1.24 bits per heavy atom. The molecule has 136 valence electrons. The molecule has 0 bridgehead atoms. The van der Waals surface area contributed by atoms with Gasteiger partial charge in [0.05, 0.1) is 92.1 Å². The van der Waals surface area contributed by atoms with E-state index in [-0.39, 0.29) is 5.56 Å². The standard InChI is InChI=1S/C16H10B15NO2/c1-32(2)3-10(21,4-5(17)7(19)9(33)8(20)6(4)18)11(34)12(22,23)14(26,27)16(30,31)15(28,29)13(11,24)25/h33-34H,3H2,1-2H3. The summed E-state index contributed by atoms with van der Waals surface area (Å²) in [5.41, 5.74) is -5.16. The van der Waals surface area contributed by atoms with Crippen molar-refractivity contribution in [3.63, 3.8) is 0 Å². The van der Waals surface area contributed by atoms with Gasteiger partial charge in [-0.2, -0.15) is 0 Å². The first-order valence-corrected chi connectivity index (χ1v) is 9.84. The zero-order valence-corrected chi connectivity index (χ0v) is 19.2. The van der Waals surface area contributed by atoms with E-state index < -0.39 is 71.1 Å². The predicted molar refractivity (Wildman–Crippen MR) is 152 cm³/mol. The van der Waals surface area contributed by atoms with Crippen molar-refractivity contribution < 1.29 is 10.2 Å². The smallest absolute Gasteiger partial charge is 0.118 e. The van der Waals surface area contributed by atoms with Crippen LogP contribution in [0, 0.1) is 0 Å². The van der Waals surface area contributed by atoms with Crippen molar-refractivity contribution in [1.82, 2.24) is 4.90 Å². The Kier molecular flexibility index (Phi) is 7.27. The molecule has 34 heavy (non-hydrogen) atoms. The lowest BCUT2D eigenvalue weighted by molar-refractivity contribution is -0.0781. The molecule has 1 unspecified atom stereocenters. The first kappa shape index (κ1) is 30.1. The zero-order chi connectivity index (χ0) is 27.2. The molecule has 1 fully saturated rings. The molecule has 1 aromatic carbocycles. The van der Waals surface area contributed by atoms with Gasteiger partial charge < -0.3 is 15.1 Å². The van der Waals surface area contributed by atoms with Crippen LogP contribution in [0.25, 0.3) is 0 Å². The summed E-state index contributed by atoms with van der Waals surface area (Å²) >= 11 is 0. The summed E-state index contributed by atoms with van der Waals surface area (Å²) < 4.78 is 0. The van der Waals surface area contributed by atoms with Crippen LogP contribution in [0.4, 0.5) is 0 Å². The number of aromatic hydroxyl groups is 1. The first-order valence-electron chi connectivity index (χ1n) is 9.84. The fourth-order valence-electron chi connectivity index (χ4n) is 4.87. The SMILES string of the molecule is [B]c1c([B])c(C([B])(CN(C)C)C2(O)C([B])([B])C([B])([B])C([B])([B])C([B])([B])C2([B])[B])c([B])c([B])c1O. The van der Waals surface area contributed by atoms with Gasteiger partial charge in [0.15, 0.2) is 0 Å². The van der Waals surface area contributed by atoms with E-state index in [9.17, 15) is 10.2 Å². The quantitative estimate of drug-likeness (QED) is 0.485. The Labute approximate surface area is 223 Å². The van der Waals surface area contributed by atoms with E-state index in [1.165, 1.54) is 4.90 Å². The molecule has 2 rings (SSSR count). The van der Waals surface area contributed by atoms with Crippen LogP contribution in [0.1, 0.15) is 5.56 Å². The fraction of sp³-hybridized carbons (Fsp3) is 0.625. The van der Waals surface area contributed by atoms with Gasteiger partial charge in [-0.05, 0) is 19.4 Å². The van der Waals surface area contributed by atoms with Crippen molar-refractivity contribution in [3.8, 4) is 5.75 Å². The second kappa shape index (κ2) is 8.21. The van der Waals surface area contributed by atoms with Gasteiger partial charge in [0.25, 0.3) is 0 Å². The summed E-state index contributed by atoms with van der Waals surface area (Å²) in [5.74, 6) is -0.637. The highest BCUT2D eigenvalue weighted by atomic mass is 16.3. The van der Waals surface area contributed by atoms with Crippen LogP contribution in [0.15, 0.2) is 0 Å². The van der Waals surface area contributed by atoms with Gasteiger partial charge in [-0.25, -0.2) is 0 Å². The average Bonchev–Trinajstić information content (AvgIpc) is 2.67. The van der Waals surface area contributed by atoms with Gasteiger partial charge >= 0.3 is 0 Å². The van der Waals surface area contributed by atoms with E-state index in [1.54, 1.807) is 14.1 Å². The minimum Gasteiger partial charge on any atom is -0.509 e. The molecule has 2 N–H and O–H groups in total. The molecule has 0 aliphatic heterocycles. The van der Waals surface area contributed by atoms with Crippen molar-refractivity contribution in [2.45, 2.75) is 37.0 Å². The van der Waals surface area contributed by atoms with Gasteiger partial charge in [0.1, 0.15) is 31.4 Å². The lowest BCUT2D eigenvalue weighted by atomic mass is 8.98. The third kappa shape index (κ3) is 3.18. The fourth-order valence-corrected chi connectivity index (χ4v) is 4.87. The Hall–Kier alpha value is -0.0860. The van der Waals surface area contributed by atoms with Gasteiger partial charge in [-0.15, -0.1) is 15.6 Å². The molecule has 1 aromatic rings. The molecule has 1 aliphatic carbocycles. The monoisotopic (exact) mass is 413 g/mol. The number of hydrogen-bond donors (Lipinski definition) is 2. The average molecular weight is 410 g/mol. The second-order valence-electron chi connectivity index (χ2n) is 9.64. The first-order chi connectivity index (χ1) is 14.8. The number of hydrogen-bond acceptors (Lipinski definition) is 3. The van der Waals surface area contributed by atoms with Crippen molar-refractivity contribution in [2.75, 3.05) is 20.6 Å². The van der Waals surface area contributed by atoms with Crippen molar-refractivity contribution in [1.29, 1.82) is 0 Å². The van der Waals surface area contributed by atoms with Crippen molar-refractivity contribution in [2.24, 2.45) is 0 Å². The Bertz CT molecular complexity index is 950. The van der Waals surface area contributed by atoms with Gasteiger partial charge in [0.2, 0.25) is 0 Å². The minimum absolute atomic E-state index is 0.356. The third-order valence-corrected chi connectivity index (χ3v) is 7.22. The third-order valence-electron chi connectivity index (χ3n) is 7.22.